The average Bonchev–Trinajstić information content (AvgIpc) is 3.38. The van der Waals surface area contributed by atoms with Crippen molar-refractivity contribution in [3.63, 3.8) is 0 Å². The number of carbonyl (C=O) groups is 2. The molecular weight excluding hydrogens is 391 g/mol. The predicted octanol–water partition coefficient (Wildman–Crippen LogP) is 1.95. The summed E-state index contributed by atoms with van der Waals surface area (Å²) < 4.78 is 33.5. The molecule has 0 bridgehead atoms. The van der Waals surface area contributed by atoms with E-state index < -0.39 is 46.7 Å². The quantitative estimate of drug-likeness (QED) is 0.700. The fourth-order valence-corrected chi connectivity index (χ4v) is 7.97. The van der Waals surface area contributed by atoms with Gasteiger partial charge in [0.25, 0.3) is 0 Å². The van der Waals surface area contributed by atoms with Gasteiger partial charge < -0.3 is 19.3 Å². The number of methoxy groups -OCH3 is 2. The number of aliphatic hydroxyl groups is 1. The molecule has 3 saturated carbocycles. The second-order valence-electron chi connectivity index (χ2n) is 9.96. The molecule has 0 aromatic heterocycles. The number of alkyl halides is 1. The van der Waals surface area contributed by atoms with Crippen LogP contribution in [0.15, 0.2) is 23.8 Å². The highest BCUT2D eigenvalue weighted by atomic mass is 19.1. The summed E-state index contributed by atoms with van der Waals surface area (Å²) in [7, 11) is 3.03. The van der Waals surface area contributed by atoms with Gasteiger partial charge in [-0.25, -0.2) is 4.39 Å². The summed E-state index contributed by atoms with van der Waals surface area (Å²) in [5.74, 6) is -0.834. The van der Waals surface area contributed by atoms with E-state index in [4.69, 9.17) is 14.2 Å². The van der Waals surface area contributed by atoms with Gasteiger partial charge >= 0.3 is 0 Å². The summed E-state index contributed by atoms with van der Waals surface area (Å²) >= 11 is 0. The number of allylic oxidation sites excluding steroid dienone is 2. The molecule has 0 aromatic rings. The van der Waals surface area contributed by atoms with Crippen molar-refractivity contribution in [2.24, 2.45) is 22.7 Å². The standard InChI is InChI=1S/C23H29FO6/c1-20-6-5-12(26)7-15(20)16(24)8-14-13-9-18(28-3)23(29-4,17(27)11-25)21(13,2)10-19-22(14,20)30-19/h5-7,13-14,16,18-19,25H,8-11H2,1-4H3/t13-,14-,16-,18+,19?,20-,21-,22-,23+/m0/s1. The molecule has 4 aliphatic carbocycles. The minimum Gasteiger partial charge on any atom is -0.388 e. The van der Waals surface area contributed by atoms with Gasteiger partial charge in [-0.2, -0.15) is 0 Å². The van der Waals surface area contributed by atoms with E-state index in [1.807, 2.05) is 19.9 Å². The van der Waals surface area contributed by atoms with Crippen molar-refractivity contribution in [2.75, 3.05) is 20.8 Å². The van der Waals surface area contributed by atoms with Gasteiger partial charge in [-0.1, -0.05) is 13.0 Å². The van der Waals surface area contributed by atoms with Crippen molar-refractivity contribution in [3.8, 4) is 0 Å². The molecule has 1 unspecified atom stereocenters. The summed E-state index contributed by atoms with van der Waals surface area (Å²) in [5, 5.41) is 9.75. The van der Waals surface area contributed by atoms with E-state index in [0.29, 0.717) is 18.4 Å². The summed E-state index contributed by atoms with van der Waals surface area (Å²) in [4.78, 5) is 25.0. The Balaban J connectivity index is 1.64. The first-order valence-electron chi connectivity index (χ1n) is 10.7. The van der Waals surface area contributed by atoms with Gasteiger partial charge in [-0.15, -0.1) is 0 Å². The van der Waals surface area contributed by atoms with Crippen LogP contribution in [0.3, 0.4) is 0 Å². The van der Waals surface area contributed by atoms with E-state index in [1.165, 1.54) is 19.3 Å². The number of hydrogen-bond donors (Lipinski definition) is 1. The fraction of sp³-hybridized carbons (Fsp3) is 0.739. The largest absolute Gasteiger partial charge is 0.388 e. The highest BCUT2D eigenvalue weighted by molar-refractivity contribution is 6.01. The first kappa shape index (κ1) is 20.5. The van der Waals surface area contributed by atoms with Gasteiger partial charge in [0.1, 0.15) is 18.4 Å². The second-order valence-corrected chi connectivity index (χ2v) is 9.96. The number of ether oxygens (including phenoxy) is 3. The second kappa shape index (κ2) is 6.09. The van der Waals surface area contributed by atoms with E-state index in [1.54, 1.807) is 7.11 Å². The summed E-state index contributed by atoms with van der Waals surface area (Å²) in [5.41, 5.74) is -2.75. The van der Waals surface area contributed by atoms with E-state index in [2.05, 4.69) is 0 Å². The molecule has 1 heterocycles. The maximum Gasteiger partial charge on any atom is 0.193 e. The molecule has 9 atom stereocenters. The average molecular weight is 420 g/mol. The Morgan fingerprint density at radius 2 is 2.03 bits per heavy atom. The third-order valence-electron chi connectivity index (χ3n) is 9.25. The Bertz CT molecular complexity index is 883. The van der Waals surface area contributed by atoms with Gasteiger partial charge in [0.05, 0.1) is 12.2 Å². The molecular formula is C23H29FO6. The number of rotatable bonds is 4. The summed E-state index contributed by atoms with van der Waals surface area (Å²) in [6.45, 7) is 3.33. The van der Waals surface area contributed by atoms with Crippen LogP contribution in [0, 0.1) is 22.7 Å². The SMILES string of the molecule is CO[C@@H]1C[C@H]2[C@@H]3C[C@H](F)C4=CC(=O)C=C[C@]4(C)[C@]34OC4C[C@]2(C)[C@@]1(OC)C(=O)CO. The van der Waals surface area contributed by atoms with Gasteiger partial charge in [-0.3, -0.25) is 9.59 Å². The number of carbonyl (C=O) groups excluding carboxylic acids is 2. The van der Waals surface area contributed by atoms with Crippen LogP contribution >= 0.6 is 0 Å². The number of ketones is 2. The van der Waals surface area contributed by atoms with E-state index >= 15 is 4.39 Å². The number of fused-ring (bicyclic) bond motifs is 3. The highest BCUT2D eigenvalue weighted by Gasteiger charge is 2.83. The van der Waals surface area contributed by atoms with E-state index in [9.17, 15) is 14.7 Å². The van der Waals surface area contributed by atoms with Gasteiger partial charge in [0, 0.05) is 25.0 Å². The number of aliphatic hydroxyl groups excluding tert-OH is 1. The summed E-state index contributed by atoms with van der Waals surface area (Å²) in [6, 6.07) is 0. The molecule has 30 heavy (non-hydrogen) atoms. The molecule has 5 rings (SSSR count). The number of halogens is 1. The van der Waals surface area contributed by atoms with Crippen LogP contribution in [0.2, 0.25) is 0 Å². The molecule has 7 heteroatoms. The number of epoxide rings is 1. The Morgan fingerprint density at radius 3 is 2.67 bits per heavy atom. The van der Waals surface area contributed by atoms with Crippen LogP contribution in [-0.4, -0.2) is 67.1 Å². The highest BCUT2D eigenvalue weighted by Crippen LogP contribution is 2.76. The third-order valence-corrected chi connectivity index (χ3v) is 9.25. The molecule has 0 aromatic carbocycles. The van der Waals surface area contributed by atoms with Gasteiger partial charge in [-0.05, 0) is 55.7 Å². The molecule has 1 spiro atoms. The van der Waals surface area contributed by atoms with Crippen molar-refractivity contribution in [1.29, 1.82) is 0 Å². The molecule has 1 saturated heterocycles. The van der Waals surface area contributed by atoms with E-state index in [-0.39, 0.29) is 30.1 Å². The van der Waals surface area contributed by atoms with Crippen LogP contribution in [0.25, 0.3) is 0 Å². The maximum atomic E-state index is 15.5. The zero-order valence-corrected chi connectivity index (χ0v) is 17.8. The first-order chi connectivity index (χ1) is 14.2. The number of hydrogen-bond acceptors (Lipinski definition) is 6. The zero-order chi connectivity index (χ0) is 21.7. The molecule has 4 fully saturated rings. The first-order valence-corrected chi connectivity index (χ1v) is 10.7. The lowest BCUT2D eigenvalue weighted by atomic mass is 9.46. The molecule has 5 aliphatic rings. The van der Waals surface area contributed by atoms with E-state index in [0.717, 1.165) is 0 Å². The Hall–Kier alpha value is -1.41. The van der Waals surface area contributed by atoms with Crippen LogP contribution < -0.4 is 0 Å². The lowest BCUT2D eigenvalue weighted by Crippen LogP contribution is -2.65. The Kier molecular flexibility index (Phi) is 4.16. The Labute approximate surface area is 175 Å². The van der Waals surface area contributed by atoms with Crippen molar-refractivity contribution in [3.05, 3.63) is 23.8 Å². The maximum absolute atomic E-state index is 15.5. The van der Waals surface area contributed by atoms with Crippen molar-refractivity contribution in [1.82, 2.24) is 0 Å². The molecule has 6 nitrogen and oxygen atoms in total. The fourth-order valence-electron chi connectivity index (χ4n) is 7.97. The lowest BCUT2D eigenvalue weighted by molar-refractivity contribution is -0.187. The molecule has 0 radical (unpaired) electrons. The third kappa shape index (κ3) is 1.99. The normalized spacial score (nSPS) is 53.3. The van der Waals surface area contributed by atoms with Crippen molar-refractivity contribution >= 4 is 11.6 Å². The Morgan fingerprint density at radius 1 is 1.30 bits per heavy atom. The molecule has 1 aliphatic heterocycles. The molecule has 0 amide bonds. The van der Waals surface area contributed by atoms with Crippen LogP contribution in [0.5, 0.6) is 0 Å². The summed E-state index contributed by atoms with van der Waals surface area (Å²) in [6.07, 6.45) is 4.12. The molecule has 164 valence electrons. The van der Waals surface area contributed by atoms with Crippen molar-refractivity contribution in [2.45, 2.75) is 62.7 Å². The predicted molar refractivity (Wildman–Crippen MR) is 104 cm³/mol. The van der Waals surface area contributed by atoms with Crippen LogP contribution in [0.4, 0.5) is 4.39 Å². The van der Waals surface area contributed by atoms with Gasteiger partial charge in [0.15, 0.2) is 17.2 Å². The van der Waals surface area contributed by atoms with Gasteiger partial charge in [0.2, 0.25) is 0 Å². The van der Waals surface area contributed by atoms with Crippen LogP contribution in [-0.2, 0) is 23.8 Å². The zero-order valence-electron chi connectivity index (χ0n) is 17.8. The topological polar surface area (TPSA) is 85.4 Å². The molecule has 1 N–H and O–H groups in total. The smallest absolute Gasteiger partial charge is 0.193 e. The number of Topliss-reactive ketones (excluding diaryl/α,β-unsaturated/α-hetero) is 1. The monoisotopic (exact) mass is 420 g/mol. The lowest BCUT2D eigenvalue weighted by Gasteiger charge is -2.56. The minimum absolute atomic E-state index is 0.0840. The minimum atomic E-state index is -1.31. The van der Waals surface area contributed by atoms with Crippen LogP contribution in [0.1, 0.15) is 33.1 Å². The van der Waals surface area contributed by atoms with Crippen molar-refractivity contribution < 1.29 is 33.3 Å².